The van der Waals surface area contributed by atoms with Gasteiger partial charge in [0.25, 0.3) is 0 Å². The maximum Gasteiger partial charge on any atom is 0.136 e. The molecular formula is C14H18N2O2. The molecule has 0 spiro atoms. The summed E-state index contributed by atoms with van der Waals surface area (Å²) in [5, 5.41) is 18.0. The molecule has 1 aromatic carbocycles. The van der Waals surface area contributed by atoms with Gasteiger partial charge < -0.3 is 9.84 Å². The second-order valence-electron chi connectivity index (χ2n) is 4.72. The Morgan fingerprint density at radius 1 is 1.56 bits per heavy atom. The number of benzene rings is 1. The second kappa shape index (κ2) is 5.85. The molecule has 1 heterocycles. The Bertz CT molecular complexity index is 454. The van der Waals surface area contributed by atoms with Crippen LogP contribution in [-0.4, -0.2) is 36.8 Å². The highest BCUT2D eigenvalue weighted by molar-refractivity contribution is 5.45. The summed E-state index contributed by atoms with van der Waals surface area (Å²) in [7, 11) is 1.58. The van der Waals surface area contributed by atoms with E-state index in [2.05, 4.69) is 11.0 Å². The molecule has 0 radical (unpaired) electrons. The van der Waals surface area contributed by atoms with Crippen LogP contribution in [0.5, 0.6) is 5.75 Å². The van der Waals surface area contributed by atoms with Gasteiger partial charge in [-0.25, -0.2) is 0 Å². The van der Waals surface area contributed by atoms with Crippen molar-refractivity contribution in [1.82, 2.24) is 4.90 Å². The first-order valence-electron chi connectivity index (χ1n) is 6.17. The van der Waals surface area contributed by atoms with Crippen molar-refractivity contribution in [2.45, 2.75) is 13.0 Å². The lowest BCUT2D eigenvalue weighted by Crippen LogP contribution is -2.21. The third-order valence-electron chi connectivity index (χ3n) is 3.42. The summed E-state index contributed by atoms with van der Waals surface area (Å²) in [6.45, 7) is 3.08. The highest BCUT2D eigenvalue weighted by Gasteiger charge is 2.21. The van der Waals surface area contributed by atoms with Crippen LogP contribution in [-0.2, 0) is 6.54 Å². The molecule has 18 heavy (non-hydrogen) atoms. The van der Waals surface area contributed by atoms with E-state index in [1.165, 1.54) is 0 Å². The van der Waals surface area contributed by atoms with Gasteiger partial charge >= 0.3 is 0 Å². The predicted molar refractivity (Wildman–Crippen MR) is 68.2 cm³/mol. The molecule has 0 aliphatic carbocycles. The van der Waals surface area contributed by atoms with E-state index in [0.29, 0.717) is 17.2 Å². The van der Waals surface area contributed by atoms with Gasteiger partial charge in [0.2, 0.25) is 0 Å². The third-order valence-corrected chi connectivity index (χ3v) is 3.42. The number of hydrogen-bond donors (Lipinski definition) is 1. The SMILES string of the molecule is COc1cc(CN2CCC(CO)C2)ccc1C#N. The summed E-state index contributed by atoms with van der Waals surface area (Å²) in [5.41, 5.74) is 1.71. The van der Waals surface area contributed by atoms with Crippen LogP contribution >= 0.6 is 0 Å². The van der Waals surface area contributed by atoms with Crippen LogP contribution < -0.4 is 4.74 Å². The fourth-order valence-corrected chi connectivity index (χ4v) is 2.39. The minimum atomic E-state index is 0.271. The summed E-state index contributed by atoms with van der Waals surface area (Å²) < 4.78 is 5.20. The van der Waals surface area contributed by atoms with Gasteiger partial charge in [0.1, 0.15) is 11.8 Å². The molecule has 1 saturated heterocycles. The Morgan fingerprint density at radius 2 is 2.39 bits per heavy atom. The first-order valence-corrected chi connectivity index (χ1v) is 6.17. The molecule has 0 aromatic heterocycles. The normalized spacial score (nSPS) is 19.7. The van der Waals surface area contributed by atoms with Gasteiger partial charge in [0.05, 0.1) is 12.7 Å². The molecule has 0 amide bonds. The van der Waals surface area contributed by atoms with E-state index in [9.17, 15) is 0 Å². The van der Waals surface area contributed by atoms with Gasteiger partial charge in [-0.05, 0) is 36.6 Å². The van der Waals surface area contributed by atoms with Crippen molar-refractivity contribution >= 4 is 0 Å². The summed E-state index contributed by atoms with van der Waals surface area (Å²) in [6.07, 6.45) is 1.06. The zero-order valence-corrected chi connectivity index (χ0v) is 10.6. The molecule has 0 bridgehead atoms. The molecule has 1 aliphatic heterocycles. The Labute approximate surface area is 107 Å². The highest BCUT2D eigenvalue weighted by Crippen LogP contribution is 2.22. The van der Waals surface area contributed by atoms with E-state index >= 15 is 0 Å². The van der Waals surface area contributed by atoms with E-state index in [1.807, 2.05) is 12.1 Å². The van der Waals surface area contributed by atoms with Crippen LogP contribution in [0.2, 0.25) is 0 Å². The first kappa shape index (κ1) is 12.9. The van der Waals surface area contributed by atoms with Crippen LogP contribution in [0.25, 0.3) is 0 Å². The van der Waals surface area contributed by atoms with Gasteiger partial charge in [-0.2, -0.15) is 5.26 Å². The second-order valence-corrected chi connectivity index (χ2v) is 4.72. The molecule has 4 nitrogen and oxygen atoms in total. The van der Waals surface area contributed by atoms with E-state index < -0.39 is 0 Å². The number of nitriles is 1. The van der Waals surface area contributed by atoms with Gasteiger partial charge in [-0.15, -0.1) is 0 Å². The molecule has 1 aromatic rings. The number of hydrogen-bond acceptors (Lipinski definition) is 4. The lowest BCUT2D eigenvalue weighted by Gasteiger charge is -2.16. The summed E-state index contributed by atoms with van der Waals surface area (Å²) in [4.78, 5) is 2.32. The first-order chi connectivity index (χ1) is 8.76. The van der Waals surface area contributed by atoms with Crippen molar-refractivity contribution in [3.63, 3.8) is 0 Å². The maximum atomic E-state index is 9.12. The topological polar surface area (TPSA) is 56.5 Å². The minimum Gasteiger partial charge on any atom is -0.495 e. The minimum absolute atomic E-state index is 0.271. The van der Waals surface area contributed by atoms with E-state index in [4.69, 9.17) is 15.1 Å². The molecule has 1 unspecified atom stereocenters. The summed E-state index contributed by atoms with van der Waals surface area (Å²) >= 11 is 0. The lowest BCUT2D eigenvalue weighted by molar-refractivity contribution is 0.220. The number of rotatable bonds is 4. The van der Waals surface area contributed by atoms with E-state index in [-0.39, 0.29) is 6.61 Å². The van der Waals surface area contributed by atoms with E-state index in [0.717, 1.165) is 31.6 Å². The van der Waals surface area contributed by atoms with Crippen molar-refractivity contribution < 1.29 is 9.84 Å². The third kappa shape index (κ3) is 2.81. The molecule has 2 rings (SSSR count). The lowest BCUT2D eigenvalue weighted by atomic mass is 10.1. The average Bonchev–Trinajstić information content (AvgIpc) is 2.86. The Kier molecular flexibility index (Phi) is 4.19. The molecule has 1 N–H and O–H groups in total. The summed E-state index contributed by atoms with van der Waals surface area (Å²) in [5.74, 6) is 1.04. The smallest absolute Gasteiger partial charge is 0.136 e. The van der Waals surface area contributed by atoms with Crippen LogP contribution in [0.3, 0.4) is 0 Å². The van der Waals surface area contributed by atoms with Crippen LogP contribution in [0.1, 0.15) is 17.5 Å². The number of likely N-dealkylation sites (tertiary alicyclic amines) is 1. The molecule has 4 heteroatoms. The van der Waals surface area contributed by atoms with Crippen molar-refractivity contribution in [1.29, 1.82) is 5.26 Å². The number of ether oxygens (including phenoxy) is 1. The van der Waals surface area contributed by atoms with Crippen LogP contribution in [0.4, 0.5) is 0 Å². The number of methoxy groups -OCH3 is 1. The van der Waals surface area contributed by atoms with Crippen LogP contribution in [0.15, 0.2) is 18.2 Å². The fourth-order valence-electron chi connectivity index (χ4n) is 2.39. The average molecular weight is 246 g/mol. The summed E-state index contributed by atoms with van der Waals surface area (Å²) in [6, 6.07) is 7.80. The molecular weight excluding hydrogens is 228 g/mol. The van der Waals surface area contributed by atoms with Gasteiger partial charge in [0, 0.05) is 19.7 Å². The number of nitrogens with zero attached hydrogens (tertiary/aromatic N) is 2. The Morgan fingerprint density at radius 3 is 3.00 bits per heavy atom. The van der Waals surface area contributed by atoms with Gasteiger partial charge in [-0.1, -0.05) is 6.07 Å². The molecule has 1 aliphatic rings. The van der Waals surface area contributed by atoms with Gasteiger partial charge in [0.15, 0.2) is 0 Å². The quantitative estimate of drug-likeness (QED) is 0.872. The van der Waals surface area contributed by atoms with Crippen molar-refractivity contribution in [3.05, 3.63) is 29.3 Å². The molecule has 1 atom stereocenters. The van der Waals surface area contributed by atoms with Crippen molar-refractivity contribution in [2.24, 2.45) is 5.92 Å². The number of aliphatic hydroxyl groups excluding tert-OH is 1. The van der Waals surface area contributed by atoms with Crippen molar-refractivity contribution in [3.8, 4) is 11.8 Å². The molecule has 0 saturated carbocycles. The molecule has 96 valence electrons. The largest absolute Gasteiger partial charge is 0.495 e. The maximum absolute atomic E-state index is 9.12. The zero-order chi connectivity index (χ0) is 13.0. The Balaban J connectivity index is 2.04. The monoisotopic (exact) mass is 246 g/mol. The van der Waals surface area contributed by atoms with Gasteiger partial charge in [-0.3, -0.25) is 4.90 Å². The number of aliphatic hydroxyl groups is 1. The van der Waals surface area contributed by atoms with Crippen molar-refractivity contribution in [2.75, 3.05) is 26.8 Å². The fraction of sp³-hybridized carbons (Fsp3) is 0.500. The zero-order valence-electron chi connectivity index (χ0n) is 10.6. The highest BCUT2D eigenvalue weighted by atomic mass is 16.5. The van der Waals surface area contributed by atoms with Crippen LogP contribution in [0, 0.1) is 17.2 Å². The molecule has 1 fully saturated rings. The van der Waals surface area contributed by atoms with E-state index in [1.54, 1.807) is 13.2 Å². The standard InChI is InChI=1S/C14H18N2O2/c1-18-14-6-11(2-3-13(14)7-15)8-16-5-4-12(9-16)10-17/h2-3,6,12,17H,4-5,8-10H2,1H3. The predicted octanol–water partition coefficient (Wildman–Crippen LogP) is 1.38. The Hall–Kier alpha value is -1.57.